The van der Waals surface area contributed by atoms with Crippen molar-refractivity contribution < 1.29 is 0 Å². The highest BCUT2D eigenvalue weighted by Gasteiger charge is 2.05. The van der Waals surface area contributed by atoms with Gasteiger partial charge < -0.3 is 0 Å². The first-order chi connectivity index (χ1) is 6.79. The van der Waals surface area contributed by atoms with Gasteiger partial charge in [0, 0.05) is 14.5 Å². The molecule has 0 saturated heterocycles. The SMILES string of the molecule is Brc1cccc(Br)c1-c1ccccc1. The molecule has 0 fully saturated rings. The van der Waals surface area contributed by atoms with Crippen molar-refractivity contribution in [3.63, 3.8) is 0 Å². The van der Waals surface area contributed by atoms with E-state index in [9.17, 15) is 0 Å². The number of hydrogen-bond donors (Lipinski definition) is 0. The minimum absolute atomic E-state index is 1.11. The first-order valence-corrected chi connectivity index (χ1v) is 5.87. The standard InChI is InChI=1S/C12H8Br2/c13-10-7-4-8-11(14)12(10)9-5-2-1-3-6-9/h1-8H. The van der Waals surface area contributed by atoms with Crippen molar-refractivity contribution in [2.75, 3.05) is 0 Å². The third-order valence-corrected chi connectivity index (χ3v) is 3.35. The molecule has 0 bridgehead atoms. The van der Waals surface area contributed by atoms with E-state index in [-0.39, 0.29) is 0 Å². The van der Waals surface area contributed by atoms with E-state index in [2.05, 4.69) is 44.0 Å². The number of benzene rings is 2. The second-order valence-electron chi connectivity index (χ2n) is 2.96. The van der Waals surface area contributed by atoms with Crippen molar-refractivity contribution in [2.24, 2.45) is 0 Å². The van der Waals surface area contributed by atoms with Gasteiger partial charge in [-0.25, -0.2) is 0 Å². The molecule has 0 spiro atoms. The van der Waals surface area contributed by atoms with Gasteiger partial charge in [0.1, 0.15) is 0 Å². The van der Waals surface area contributed by atoms with Crippen molar-refractivity contribution in [3.8, 4) is 11.1 Å². The van der Waals surface area contributed by atoms with Crippen molar-refractivity contribution in [1.82, 2.24) is 0 Å². The Morgan fingerprint density at radius 1 is 0.643 bits per heavy atom. The van der Waals surface area contributed by atoms with E-state index in [0.29, 0.717) is 0 Å². The van der Waals surface area contributed by atoms with Crippen LogP contribution in [0.1, 0.15) is 0 Å². The highest BCUT2D eigenvalue weighted by Crippen LogP contribution is 2.34. The van der Waals surface area contributed by atoms with Crippen molar-refractivity contribution >= 4 is 31.9 Å². The maximum atomic E-state index is 3.55. The number of halogens is 2. The molecule has 0 heterocycles. The molecule has 2 heteroatoms. The zero-order valence-corrected chi connectivity index (χ0v) is 10.5. The van der Waals surface area contributed by atoms with Crippen molar-refractivity contribution in [1.29, 1.82) is 0 Å². The van der Waals surface area contributed by atoms with E-state index in [1.54, 1.807) is 0 Å². The van der Waals surface area contributed by atoms with Gasteiger partial charge >= 0.3 is 0 Å². The molecule has 2 aromatic carbocycles. The van der Waals surface area contributed by atoms with E-state index in [1.807, 2.05) is 36.4 Å². The lowest BCUT2D eigenvalue weighted by Crippen LogP contribution is -1.80. The molecule has 0 atom stereocenters. The van der Waals surface area contributed by atoms with E-state index in [1.165, 1.54) is 11.1 Å². The molecular weight excluding hydrogens is 304 g/mol. The normalized spacial score (nSPS) is 10.1. The molecule has 0 aliphatic rings. The Morgan fingerprint density at radius 2 is 1.21 bits per heavy atom. The molecule has 0 aliphatic heterocycles. The molecule has 2 rings (SSSR count). The lowest BCUT2D eigenvalue weighted by Gasteiger charge is -2.06. The van der Waals surface area contributed by atoms with Gasteiger partial charge in [0.05, 0.1) is 0 Å². The Labute approximate surface area is 100 Å². The van der Waals surface area contributed by atoms with Gasteiger partial charge in [0.15, 0.2) is 0 Å². The zero-order valence-electron chi connectivity index (χ0n) is 7.37. The molecule has 0 unspecified atom stereocenters. The monoisotopic (exact) mass is 310 g/mol. The fourth-order valence-electron chi connectivity index (χ4n) is 1.38. The fourth-order valence-corrected chi connectivity index (χ4v) is 2.83. The lowest BCUT2D eigenvalue weighted by atomic mass is 10.1. The molecule has 0 amide bonds. The van der Waals surface area contributed by atoms with Gasteiger partial charge in [-0.2, -0.15) is 0 Å². The van der Waals surface area contributed by atoms with Crippen molar-refractivity contribution in [3.05, 3.63) is 57.5 Å². The molecule has 0 radical (unpaired) electrons. The Morgan fingerprint density at radius 3 is 1.79 bits per heavy atom. The van der Waals surface area contributed by atoms with Gasteiger partial charge in [-0.3, -0.25) is 0 Å². The van der Waals surface area contributed by atoms with Crippen LogP contribution in [0, 0.1) is 0 Å². The summed E-state index contributed by atoms with van der Waals surface area (Å²) in [6.07, 6.45) is 0. The quantitative estimate of drug-likeness (QED) is 0.704. The van der Waals surface area contributed by atoms with Crippen LogP contribution < -0.4 is 0 Å². The number of rotatable bonds is 1. The zero-order chi connectivity index (χ0) is 9.97. The molecule has 0 N–H and O–H groups in total. The van der Waals surface area contributed by atoms with Crippen LogP contribution in [0.15, 0.2) is 57.5 Å². The lowest BCUT2D eigenvalue weighted by molar-refractivity contribution is 1.55. The summed E-state index contributed by atoms with van der Waals surface area (Å²) in [4.78, 5) is 0. The molecule has 0 nitrogen and oxygen atoms in total. The highest BCUT2D eigenvalue weighted by atomic mass is 79.9. The van der Waals surface area contributed by atoms with Crippen LogP contribution in [-0.2, 0) is 0 Å². The van der Waals surface area contributed by atoms with E-state index in [0.717, 1.165) is 8.95 Å². The first kappa shape index (κ1) is 9.94. The minimum atomic E-state index is 1.11. The Balaban J connectivity index is 2.63. The predicted octanol–water partition coefficient (Wildman–Crippen LogP) is 4.88. The van der Waals surface area contributed by atoms with E-state index >= 15 is 0 Å². The maximum absolute atomic E-state index is 3.55. The maximum Gasteiger partial charge on any atom is 0.0265 e. The van der Waals surface area contributed by atoms with E-state index < -0.39 is 0 Å². The molecule has 14 heavy (non-hydrogen) atoms. The Bertz CT molecular complexity index is 415. The summed E-state index contributed by atoms with van der Waals surface area (Å²) in [5, 5.41) is 0. The second kappa shape index (κ2) is 4.28. The van der Waals surface area contributed by atoms with Crippen molar-refractivity contribution in [2.45, 2.75) is 0 Å². The van der Waals surface area contributed by atoms with Crippen LogP contribution in [0.2, 0.25) is 0 Å². The summed E-state index contributed by atoms with van der Waals surface area (Å²) < 4.78 is 2.22. The van der Waals surface area contributed by atoms with Crippen LogP contribution in [0.5, 0.6) is 0 Å². The number of hydrogen-bond acceptors (Lipinski definition) is 0. The summed E-state index contributed by atoms with van der Waals surface area (Å²) in [5.41, 5.74) is 2.42. The molecule has 0 aromatic heterocycles. The van der Waals surface area contributed by atoms with Gasteiger partial charge in [0.2, 0.25) is 0 Å². The summed E-state index contributed by atoms with van der Waals surface area (Å²) in [6, 6.07) is 16.4. The molecule has 0 aliphatic carbocycles. The third-order valence-electron chi connectivity index (χ3n) is 2.03. The van der Waals surface area contributed by atoms with Crippen LogP contribution in [-0.4, -0.2) is 0 Å². The van der Waals surface area contributed by atoms with Gasteiger partial charge in [0.25, 0.3) is 0 Å². The predicted molar refractivity (Wildman–Crippen MR) is 67.3 cm³/mol. The second-order valence-corrected chi connectivity index (χ2v) is 4.67. The van der Waals surface area contributed by atoms with Crippen LogP contribution in [0.4, 0.5) is 0 Å². The first-order valence-electron chi connectivity index (χ1n) is 4.28. The molecule has 70 valence electrons. The minimum Gasteiger partial charge on any atom is -0.0622 e. The van der Waals surface area contributed by atoms with E-state index in [4.69, 9.17) is 0 Å². The summed E-state index contributed by atoms with van der Waals surface area (Å²) in [6.45, 7) is 0. The molecule has 0 saturated carbocycles. The van der Waals surface area contributed by atoms with Gasteiger partial charge in [-0.1, -0.05) is 68.3 Å². The van der Waals surface area contributed by atoms with Crippen LogP contribution in [0.3, 0.4) is 0 Å². The molecular formula is C12H8Br2. The molecule has 2 aromatic rings. The Kier molecular flexibility index (Phi) is 3.04. The topological polar surface area (TPSA) is 0 Å². The smallest absolute Gasteiger partial charge is 0.0265 e. The largest absolute Gasteiger partial charge is 0.0622 e. The van der Waals surface area contributed by atoms with Crippen LogP contribution in [0.25, 0.3) is 11.1 Å². The summed E-state index contributed by atoms with van der Waals surface area (Å²) >= 11 is 7.11. The summed E-state index contributed by atoms with van der Waals surface area (Å²) in [5.74, 6) is 0. The third kappa shape index (κ3) is 1.91. The fraction of sp³-hybridized carbons (Fsp3) is 0. The van der Waals surface area contributed by atoms with Gasteiger partial charge in [-0.05, 0) is 17.7 Å². The van der Waals surface area contributed by atoms with Crippen LogP contribution >= 0.6 is 31.9 Å². The highest BCUT2D eigenvalue weighted by molar-refractivity contribution is 9.11. The summed E-state index contributed by atoms with van der Waals surface area (Å²) in [7, 11) is 0. The van der Waals surface area contributed by atoms with Gasteiger partial charge in [-0.15, -0.1) is 0 Å². The average Bonchev–Trinajstić information content (AvgIpc) is 2.19. The Hall–Kier alpha value is -0.600. The average molecular weight is 312 g/mol.